The first-order valence-electron chi connectivity index (χ1n) is 8.77. The van der Waals surface area contributed by atoms with Gasteiger partial charge >= 0.3 is 12.2 Å². The van der Waals surface area contributed by atoms with E-state index in [9.17, 15) is 14.4 Å². The molecule has 0 radical (unpaired) electrons. The quantitative estimate of drug-likeness (QED) is 0.577. The van der Waals surface area contributed by atoms with Crippen LogP contribution in [0.3, 0.4) is 0 Å². The number of aromatic nitrogens is 2. The van der Waals surface area contributed by atoms with E-state index in [0.717, 1.165) is 0 Å². The number of aliphatic hydroxyl groups is 1. The number of rotatable bonds is 4. The Morgan fingerprint density at radius 3 is 1.80 bits per heavy atom. The average Bonchev–Trinajstić information content (AvgIpc) is 3.20. The number of carbonyl (C=O) groups excluding carboxylic acids is 3. The molecule has 10 nitrogen and oxygen atoms in total. The first kappa shape index (κ1) is 25.5. The lowest BCUT2D eigenvalue weighted by molar-refractivity contribution is 0.0624. The van der Waals surface area contributed by atoms with Crippen molar-refractivity contribution in [2.24, 2.45) is 0 Å². The van der Waals surface area contributed by atoms with E-state index in [0.29, 0.717) is 27.9 Å². The molecular formula is C18H26N4O6S2. The maximum atomic E-state index is 11.3. The van der Waals surface area contributed by atoms with Crippen molar-refractivity contribution >= 4 is 51.4 Å². The van der Waals surface area contributed by atoms with Gasteiger partial charge in [-0.1, -0.05) is 0 Å². The summed E-state index contributed by atoms with van der Waals surface area (Å²) in [6.45, 7) is 10.5. The Bertz CT molecular complexity index is 851. The summed E-state index contributed by atoms with van der Waals surface area (Å²) in [7, 11) is 0. The smallest absolute Gasteiger partial charge is 0.413 e. The molecule has 3 N–H and O–H groups in total. The van der Waals surface area contributed by atoms with Crippen LogP contribution in [0, 0.1) is 0 Å². The van der Waals surface area contributed by atoms with Crippen molar-refractivity contribution in [1.29, 1.82) is 0 Å². The summed E-state index contributed by atoms with van der Waals surface area (Å²) in [5, 5.41) is 17.7. The molecule has 0 saturated heterocycles. The van der Waals surface area contributed by atoms with Crippen molar-refractivity contribution in [2.75, 3.05) is 10.6 Å². The molecule has 2 aromatic heterocycles. The van der Waals surface area contributed by atoms with Crippen molar-refractivity contribution in [2.45, 2.75) is 59.4 Å². The van der Waals surface area contributed by atoms with Crippen LogP contribution in [0.25, 0.3) is 0 Å². The average molecular weight is 459 g/mol. The summed E-state index contributed by atoms with van der Waals surface area (Å²) in [4.78, 5) is 40.7. The van der Waals surface area contributed by atoms with Crippen LogP contribution in [0.2, 0.25) is 0 Å². The highest BCUT2D eigenvalue weighted by Gasteiger charge is 2.18. The predicted molar refractivity (Wildman–Crippen MR) is 115 cm³/mol. The number of hydrogen-bond acceptors (Lipinski definition) is 10. The molecule has 0 atom stereocenters. The van der Waals surface area contributed by atoms with Gasteiger partial charge < -0.3 is 14.6 Å². The Labute approximate surface area is 182 Å². The fourth-order valence-corrected chi connectivity index (χ4v) is 2.94. The first-order chi connectivity index (χ1) is 13.8. The summed E-state index contributed by atoms with van der Waals surface area (Å²) >= 11 is 2.42. The molecule has 0 unspecified atom stereocenters. The second-order valence-electron chi connectivity index (χ2n) is 7.75. The molecule has 166 valence electrons. The number of nitrogens with zero attached hydrogens (tertiary/aromatic N) is 2. The van der Waals surface area contributed by atoms with E-state index in [4.69, 9.17) is 14.6 Å². The van der Waals surface area contributed by atoms with E-state index >= 15 is 0 Å². The van der Waals surface area contributed by atoms with E-state index in [2.05, 4.69) is 20.6 Å². The molecule has 0 bridgehead atoms. The zero-order chi connectivity index (χ0) is 22.9. The number of thiazole rings is 2. The number of amides is 2. The molecule has 2 aromatic rings. The largest absolute Gasteiger partial charge is 0.444 e. The fourth-order valence-electron chi connectivity index (χ4n) is 1.62. The highest BCUT2D eigenvalue weighted by molar-refractivity contribution is 7.14. The normalized spacial score (nSPS) is 11.0. The standard InChI is InChI=1S/C9H14N2O3S.C9H12N2O3S/c2*1-9(2,3)14-8(13)11-7-10-6(4-12)5-15-7/h5,12H,4H2,1-3H3,(H,10,11,13);4-5H,1-3H3,(H,10,11,13). The van der Waals surface area contributed by atoms with Crippen LogP contribution in [-0.4, -0.2) is 44.7 Å². The van der Waals surface area contributed by atoms with Crippen LogP contribution in [-0.2, 0) is 16.1 Å². The highest BCUT2D eigenvalue weighted by Crippen LogP contribution is 2.17. The van der Waals surface area contributed by atoms with Crippen molar-refractivity contribution in [3.05, 3.63) is 22.1 Å². The van der Waals surface area contributed by atoms with Gasteiger partial charge in [0.1, 0.15) is 16.9 Å². The van der Waals surface area contributed by atoms with Gasteiger partial charge in [-0.3, -0.25) is 15.4 Å². The van der Waals surface area contributed by atoms with E-state index in [1.165, 1.54) is 22.7 Å². The van der Waals surface area contributed by atoms with Crippen molar-refractivity contribution in [3.8, 4) is 0 Å². The van der Waals surface area contributed by atoms with E-state index in [1.54, 1.807) is 52.3 Å². The topological polar surface area (TPSA) is 140 Å². The van der Waals surface area contributed by atoms with Gasteiger partial charge in [-0.05, 0) is 41.5 Å². The molecule has 0 spiro atoms. The zero-order valence-electron chi connectivity index (χ0n) is 17.6. The highest BCUT2D eigenvalue weighted by atomic mass is 32.1. The van der Waals surface area contributed by atoms with Crippen molar-refractivity contribution < 1.29 is 29.0 Å². The third-order valence-corrected chi connectivity index (χ3v) is 4.15. The fraction of sp³-hybridized carbons (Fsp3) is 0.500. The van der Waals surface area contributed by atoms with Crippen LogP contribution in [0.5, 0.6) is 0 Å². The Morgan fingerprint density at radius 1 is 0.967 bits per heavy atom. The Morgan fingerprint density at radius 2 is 1.43 bits per heavy atom. The van der Waals surface area contributed by atoms with Crippen LogP contribution in [0.1, 0.15) is 57.7 Å². The molecule has 0 aromatic carbocycles. The molecule has 12 heteroatoms. The SMILES string of the molecule is CC(C)(C)OC(=O)Nc1nc(C=O)cs1.CC(C)(C)OC(=O)Nc1nc(CO)cs1. The number of carbonyl (C=O) groups is 3. The molecule has 2 amide bonds. The second-order valence-corrected chi connectivity index (χ2v) is 9.47. The third-order valence-electron chi connectivity index (χ3n) is 2.57. The maximum absolute atomic E-state index is 11.3. The molecule has 0 aliphatic heterocycles. The molecule has 30 heavy (non-hydrogen) atoms. The van der Waals surface area contributed by atoms with Gasteiger partial charge in [-0.25, -0.2) is 19.6 Å². The lowest BCUT2D eigenvalue weighted by Crippen LogP contribution is -2.27. The van der Waals surface area contributed by atoms with Gasteiger partial charge in [-0.2, -0.15) is 0 Å². The van der Waals surface area contributed by atoms with Gasteiger partial charge in [0.2, 0.25) is 0 Å². The lowest BCUT2D eigenvalue weighted by atomic mass is 10.2. The maximum Gasteiger partial charge on any atom is 0.413 e. The number of nitrogens with one attached hydrogen (secondary N) is 2. The molecule has 2 rings (SSSR count). The van der Waals surface area contributed by atoms with Gasteiger partial charge in [0, 0.05) is 10.8 Å². The minimum atomic E-state index is -0.575. The van der Waals surface area contributed by atoms with Crippen molar-refractivity contribution in [1.82, 2.24) is 9.97 Å². The molecule has 0 aliphatic carbocycles. The van der Waals surface area contributed by atoms with Gasteiger partial charge in [0.15, 0.2) is 16.5 Å². The number of ether oxygens (including phenoxy) is 2. The summed E-state index contributed by atoms with van der Waals surface area (Å²) in [6, 6.07) is 0. The third kappa shape index (κ3) is 10.8. The minimum Gasteiger partial charge on any atom is -0.444 e. The van der Waals surface area contributed by atoms with Gasteiger partial charge in [-0.15, -0.1) is 22.7 Å². The Kier molecular flexibility index (Phi) is 9.33. The molecule has 0 saturated carbocycles. The van der Waals surface area contributed by atoms with Crippen molar-refractivity contribution in [3.63, 3.8) is 0 Å². The predicted octanol–water partition coefficient (Wildman–Crippen LogP) is 4.29. The number of aliphatic hydroxyl groups excluding tert-OH is 1. The number of aldehydes is 1. The minimum absolute atomic E-state index is 0.132. The lowest BCUT2D eigenvalue weighted by Gasteiger charge is -2.18. The second kappa shape index (κ2) is 11.0. The summed E-state index contributed by atoms with van der Waals surface area (Å²) in [5.41, 5.74) is -0.243. The van der Waals surface area contributed by atoms with E-state index in [1.807, 2.05) is 0 Å². The van der Waals surface area contributed by atoms with Gasteiger partial charge in [0.05, 0.1) is 12.3 Å². The van der Waals surface area contributed by atoms with E-state index in [-0.39, 0.29) is 6.61 Å². The molecular weight excluding hydrogens is 432 g/mol. The van der Waals surface area contributed by atoms with Crippen LogP contribution in [0.4, 0.5) is 19.9 Å². The van der Waals surface area contributed by atoms with Crippen LogP contribution in [0.15, 0.2) is 10.8 Å². The number of anilines is 2. The zero-order valence-corrected chi connectivity index (χ0v) is 19.3. The van der Waals surface area contributed by atoms with Crippen LogP contribution < -0.4 is 10.6 Å². The summed E-state index contributed by atoms with van der Waals surface area (Å²) in [5.74, 6) is 0. The number of hydrogen-bond donors (Lipinski definition) is 3. The molecule has 2 heterocycles. The summed E-state index contributed by atoms with van der Waals surface area (Å²) in [6.07, 6.45) is -0.493. The van der Waals surface area contributed by atoms with Crippen LogP contribution >= 0.6 is 22.7 Å². The van der Waals surface area contributed by atoms with E-state index < -0.39 is 23.4 Å². The Hall–Kier alpha value is -2.57. The monoisotopic (exact) mass is 458 g/mol. The Balaban J connectivity index is 0.000000300. The summed E-state index contributed by atoms with van der Waals surface area (Å²) < 4.78 is 10.1. The molecule has 0 aliphatic rings. The molecule has 0 fully saturated rings. The first-order valence-corrected chi connectivity index (χ1v) is 10.5. The van der Waals surface area contributed by atoms with Gasteiger partial charge in [0.25, 0.3) is 0 Å².